The highest BCUT2D eigenvalue weighted by atomic mass is 14.6. The lowest BCUT2D eigenvalue weighted by Crippen LogP contribution is -2.14. The van der Waals surface area contributed by atoms with Crippen LogP contribution in [-0.4, -0.2) is 0 Å². The van der Waals surface area contributed by atoms with Crippen LogP contribution in [0.1, 0.15) is 61.3 Å². The van der Waals surface area contributed by atoms with Gasteiger partial charge in [0.25, 0.3) is 0 Å². The molecule has 1 unspecified atom stereocenters. The van der Waals surface area contributed by atoms with Gasteiger partial charge in [0.15, 0.2) is 0 Å². The van der Waals surface area contributed by atoms with E-state index in [1.54, 1.807) is 11.1 Å². The third kappa shape index (κ3) is 2.40. The van der Waals surface area contributed by atoms with E-state index in [1.807, 2.05) is 0 Å². The Labute approximate surface area is 104 Å². The summed E-state index contributed by atoms with van der Waals surface area (Å²) in [6.45, 7) is 0. The summed E-state index contributed by atoms with van der Waals surface area (Å²) in [5, 5.41) is 0. The van der Waals surface area contributed by atoms with E-state index in [9.17, 15) is 0 Å². The first-order chi connectivity index (χ1) is 8.33. The molecular weight excluding hydrogens is 206 g/mol. The molecule has 0 bridgehead atoms. The minimum Gasteiger partial charge on any atom is -0.324 e. The highest BCUT2D eigenvalue weighted by Gasteiger charge is 2.20. The summed E-state index contributed by atoms with van der Waals surface area (Å²) in [7, 11) is 0. The minimum absolute atomic E-state index is 0.268. The van der Waals surface area contributed by atoms with Gasteiger partial charge in [-0.15, -0.1) is 0 Å². The Morgan fingerprint density at radius 1 is 1.06 bits per heavy atom. The van der Waals surface area contributed by atoms with Crippen molar-refractivity contribution in [2.24, 2.45) is 11.7 Å². The number of aryl methyl sites for hydroxylation is 2. The minimum atomic E-state index is 0.268. The molecule has 1 heteroatoms. The average Bonchev–Trinajstić information content (AvgIpc) is 2.97. The second-order valence-electron chi connectivity index (χ2n) is 5.87. The molecule has 92 valence electrons. The van der Waals surface area contributed by atoms with Gasteiger partial charge in [0.1, 0.15) is 0 Å². The molecule has 3 rings (SSSR count). The first-order valence-electron chi connectivity index (χ1n) is 7.20. The number of hydrogen-bond acceptors (Lipinski definition) is 1. The van der Waals surface area contributed by atoms with E-state index in [-0.39, 0.29) is 6.04 Å². The molecule has 0 spiro atoms. The van der Waals surface area contributed by atoms with Gasteiger partial charge < -0.3 is 5.73 Å². The number of hydrogen-bond donors (Lipinski definition) is 1. The van der Waals surface area contributed by atoms with Crippen molar-refractivity contribution in [1.29, 1.82) is 0 Å². The zero-order valence-electron chi connectivity index (χ0n) is 10.6. The van der Waals surface area contributed by atoms with Crippen LogP contribution in [0.15, 0.2) is 18.2 Å². The van der Waals surface area contributed by atoms with Crippen molar-refractivity contribution in [1.82, 2.24) is 0 Å². The molecule has 0 aliphatic heterocycles. The fourth-order valence-corrected chi connectivity index (χ4v) is 3.56. The zero-order valence-corrected chi connectivity index (χ0v) is 10.6. The van der Waals surface area contributed by atoms with Crippen LogP contribution >= 0.6 is 0 Å². The molecule has 1 saturated carbocycles. The summed E-state index contributed by atoms with van der Waals surface area (Å²) in [6, 6.07) is 7.22. The number of fused-ring (bicyclic) bond motifs is 1. The third-order valence-electron chi connectivity index (χ3n) is 4.61. The first kappa shape index (κ1) is 11.3. The molecule has 0 heterocycles. The topological polar surface area (TPSA) is 26.0 Å². The van der Waals surface area contributed by atoms with Crippen molar-refractivity contribution >= 4 is 0 Å². The summed E-state index contributed by atoms with van der Waals surface area (Å²) in [5.41, 5.74) is 10.9. The Kier molecular flexibility index (Phi) is 3.19. The van der Waals surface area contributed by atoms with Gasteiger partial charge in [-0.25, -0.2) is 0 Å². The first-order valence-corrected chi connectivity index (χ1v) is 7.20. The number of rotatable bonds is 3. The quantitative estimate of drug-likeness (QED) is 0.839. The van der Waals surface area contributed by atoms with Crippen molar-refractivity contribution in [3.63, 3.8) is 0 Å². The van der Waals surface area contributed by atoms with Gasteiger partial charge in [-0.3, -0.25) is 0 Å². The molecule has 0 saturated heterocycles. The van der Waals surface area contributed by atoms with E-state index >= 15 is 0 Å². The summed E-state index contributed by atoms with van der Waals surface area (Å²) in [4.78, 5) is 0. The van der Waals surface area contributed by atoms with Crippen LogP contribution in [0.25, 0.3) is 0 Å². The maximum atomic E-state index is 6.37. The average molecular weight is 229 g/mol. The lowest BCUT2D eigenvalue weighted by molar-refractivity contribution is 0.450. The van der Waals surface area contributed by atoms with Gasteiger partial charge in [-0.1, -0.05) is 43.9 Å². The molecule has 2 aliphatic carbocycles. The normalized spacial score (nSPS) is 21.7. The second-order valence-corrected chi connectivity index (χ2v) is 5.87. The van der Waals surface area contributed by atoms with Crippen LogP contribution in [-0.2, 0) is 12.8 Å². The van der Waals surface area contributed by atoms with Crippen molar-refractivity contribution in [3.8, 4) is 0 Å². The molecule has 1 aromatic carbocycles. The van der Waals surface area contributed by atoms with E-state index in [1.165, 1.54) is 56.9 Å². The lowest BCUT2D eigenvalue weighted by Gasteiger charge is -2.17. The molecule has 2 aliphatic rings. The predicted molar refractivity (Wildman–Crippen MR) is 72.0 cm³/mol. The molecule has 0 radical (unpaired) electrons. The molecule has 17 heavy (non-hydrogen) atoms. The maximum Gasteiger partial charge on any atom is 0.0297 e. The highest BCUT2D eigenvalue weighted by molar-refractivity contribution is 5.36. The smallest absolute Gasteiger partial charge is 0.0297 e. The van der Waals surface area contributed by atoms with Gasteiger partial charge in [-0.05, 0) is 48.3 Å². The van der Waals surface area contributed by atoms with E-state index in [0.29, 0.717) is 0 Å². The molecule has 1 nitrogen and oxygen atoms in total. The third-order valence-corrected chi connectivity index (χ3v) is 4.61. The maximum absolute atomic E-state index is 6.37. The summed E-state index contributed by atoms with van der Waals surface area (Å²) in [5.74, 6) is 0.887. The molecule has 1 atom stereocenters. The van der Waals surface area contributed by atoms with Crippen LogP contribution in [0.2, 0.25) is 0 Å². The molecule has 0 aromatic heterocycles. The van der Waals surface area contributed by atoms with Crippen LogP contribution in [0, 0.1) is 5.92 Å². The van der Waals surface area contributed by atoms with Crippen LogP contribution in [0.4, 0.5) is 0 Å². The van der Waals surface area contributed by atoms with Gasteiger partial charge in [0.05, 0.1) is 0 Å². The van der Waals surface area contributed by atoms with Gasteiger partial charge in [0.2, 0.25) is 0 Å². The SMILES string of the molecule is NC(CC1CCCC1)c1ccc2c(c1)CCC2. The molecule has 1 aromatic rings. The standard InChI is InChI=1S/C16H23N/c17-16(10-12-4-1-2-5-12)15-9-8-13-6-3-7-14(13)11-15/h8-9,11-12,16H,1-7,10,17H2. The van der Waals surface area contributed by atoms with E-state index in [2.05, 4.69) is 18.2 Å². The summed E-state index contributed by atoms with van der Waals surface area (Å²) < 4.78 is 0. The molecular formula is C16H23N. The fourth-order valence-electron chi connectivity index (χ4n) is 3.56. The largest absolute Gasteiger partial charge is 0.324 e. The number of nitrogens with two attached hydrogens (primary N) is 1. The Balaban J connectivity index is 1.70. The van der Waals surface area contributed by atoms with Crippen LogP contribution in [0.3, 0.4) is 0 Å². The van der Waals surface area contributed by atoms with Crippen molar-refractivity contribution in [2.75, 3.05) is 0 Å². The summed E-state index contributed by atoms with van der Waals surface area (Å²) in [6.07, 6.45) is 10.7. The Bertz CT molecular complexity index is 391. The summed E-state index contributed by atoms with van der Waals surface area (Å²) >= 11 is 0. The predicted octanol–water partition coefficient (Wildman–Crippen LogP) is 3.76. The second kappa shape index (κ2) is 4.81. The van der Waals surface area contributed by atoms with E-state index < -0.39 is 0 Å². The molecule has 1 fully saturated rings. The van der Waals surface area contributed by atoms with Crippen LogP contribution in [0.5, 0.6) is 0 Å². The molecule has 0 amide bonds. The Hall–Kier alpha value is -0.820. The van der Waals surface area contributed by atoms with Crippen molar-refractivity contribution in [3.05, 3.63) is 34.9 Å². The van der Waals surface area contributed by atoms with Crippen LogP contribution < -0.4 is 5.73 Å². The van der Waals surface area contributed by atoms with Gasteiger partial charge in [-0.2, -0.15) is 0 Å². The van der Waals surface area contributed by atoms with Crippen molar-refractivity contribution in [2.45, 2.75) is 57.4 Å². The van der Waals surface area contributed by atoms with E-state index in [4.69, 9.17) is 5.73 Å². The fraction of sp³-hybridized carbons (Fsp3) is 0.625. The monoisotopic (exact) mass is 229 g/mol. The molecule has 2 N–H and O–H groups in total. The van der Waals surface area contributed by atoms with Gasteiger partial charge in [0, 0.05) is 6.04 Å². The lowest BCUT2D eigenvalue weighted by atomic mass is 9.93. The number of benzene rings is 1. The van der Waals surface area contributed by atoms with Crippen molar-refractivity contribution < 1.29 is 0 Å². The zero-order chi connectivity index (χ0) is 11.7. The van der Waals surface area contributed by atoms with Gasteiger partial charge >= 0.3 is 0 Å². The Morgan fingerprint density at radius 3 is 2.65 bits per heavy atom. The highest BCUT2D eigenvalue weighted by Crippen LogP contribution is 2.33. The van der Waals surface area contributed by atoms with E-state index in [0.717, 1.165) is 5.92 Å². The Morgan fingerprint density at radius 2 is 1.82 bits per heavy atom.